The van der Waals surface area contributed by atoms with Gasteiger partial charge in [0.05, 0.1) is 11.1 Å². The second-order valence-electron chi connectivity index (χ2n) is 3.07. The smallest absolute Gasteiger partial charge is 0.308 e. The minimum absolute atomic E-state index is 0.163. The van der Waals surface area contributed by atoms with Crippen LogP contribution in [0.3, 0.4) is 0 Å². The Morgan fingerprint density at radius 2 is 1.94 bits per heavy atom. The zero-order valence-electron chi connectivity index (χ0n) is 7.92. The second-order valence-corrected chi connectivity index (χ2v) is 3.07. The predicted octanol–water partition coefficient (Wildman–Crippen LogP) is 1.93. The van der Waals surface area contributed by atoms with E-state index >= 15 is 0 Å². The van der Waals surface area contributed by atoms with Crippen LogP contribution in [0.25, 0.3) is 10.9 Å². The fourth-order valence-electron chi connectivity index (χ4n) is 1.43. The first-order chi connectivity index (χ1) is 7.54. The van der Waals surface area contributed by atoms with Crippen LogP contribution >= 0.6 is 0 Å². The maximum Gasteiger partial charge on any atom is 0.418 e. The number of rotatable bonds is 1. The van der Waals surface area contributed by atoms with E-state index in [1.807, 2.05) is 0 Å². The zero-order chi connectivity index (χ0) is 11.8. The van der Waals surface area contributed by atoms with Gasteiger partial charge in [0.1, 0.15) is 6.33 Å². The lowest BCUT2D eigenvalue weighted by molar-refractivity contribution is -0.136. The Balaban J connectivity index is 2.79. The van der Waals surface area contributed by atoms with Crippen molar-refractivity contribution in [1.29, 1.82) is 0 Å². The van der Waals surface area contributed by atoms with E-state index in [2.05, 4.69) is 15.4 Å². The highest BCUT2D eigenvalue weighted by atomic mass is 19.4. The average Bonchev–Trinajstić information content (AvgIpc) is 2.26. The number of halogens is 3. The summed E-state index contributed by atoms with van der Waals surface area (Å²) < 4.78 is 37.9. The van der Waals surface area contributed by atoms with Crippen molar-refractivity contribution in [2.45, 2.75) is 6.18 Å². The van der Waals surface area contributed by atoms with Crippen LogP contribution in [0.4, 0.5) is 19.0 Å². The van der Waals surface area contributed by atoms with Crippen LogP contribution in [0.15, 0.2) is 24.5 Å². The molecule has 7 heteroatoms. The van der Waals surface area contributed by atoms with Crippen molar-refractivity contribution >= 4 is 16.7 Å². The van der Waals surface area contributed by atoms with Crippen LogP contribution in [0.1, 0.15) is 5.56 Å². The molecule has 0 saturated carbocycles. The van der Waals surface area contributed by atoms with E-state index < -0.39 is 11.7 Å². The van der Waals surface area contributed by atoms with E-state index in [1.165, 1.54) is 12.1 Å². The molecule has 2 rings (SSSR count). The molecule has 0 aliphatic carbocycles. The van der Waals surface area contributed by atoms with Crippen molar-refractivity contribution in [2.75, 3.05) is 5.43 Å². The zero-order valence-corrected chi connectivity index (χ0v) is 7.92. The molecule has 0 spiro atoms. The lowest BCUT2D eigenvalue weighted by Gasteiger charge is -2.10. The van der Waals surface area contributed by atoms with Gasteiger partial charge in [0.15, 0.2) is 5.82 Å². The van der Waals surface area contributed by atoms with Crippen molar-refractivity contribution < 1.29 is 13.2 Å². The molecule has 0 unspecified atom stereocenters. The SMILES string of the molecule is NNc1ncnc2c(C(F)(F)F)cccc12. The Labute approximate surface area is 88.3 Å². The summed E-state index contributed by atoms with van der Waals surface area (Å²) >= 11 is 0. The van der Waals surface area contributed by atoms with Crippen LogP contribution in [-0.4, -0.2) is 9.97 Å². The molecule has 2 aromatic rings. The van der Waals surface area contributed by atoms with Gasteiger partial charge in [-0.15, -0.1) is 0 Å². The molecule has 0 aliphatic heterocycles. The molecule has 0 bridgehead atoms. The van der Waals surface area contributed by atoms with Crippen LogP contribution in [0, 0.1) is 0 Å². The van der Waals surface area contributed by atoms with E-state index in [-0.39, 0.29) is 16.7 Å². The number of nitrogens with one attached hydrogen (secondary N) is 1. The lowest BCUT2D eigenvalue weighted by Crippen LogP contribution is -2.11. The fraction of sp³-hybridized carbons (Fsp3) is 0.111. The normalized spacial score (nSPS) is 11.8. The molecule has 1 aromatic heterocycles. The second kappa shape index (κ2) is 3.60. The minimum atomic E-state index is -4.44. The number of aromatic nitrogens is 2. The first-order valence-electron chi connectivity index (χ1n) is 4.31. The number of fused-ring (bicyclic) bond motifs is 1. The van der Waals surface area contributed by atoms with Gasteiger partial charge < -0.3 is 5.43 Å². The van der Waals surface area contributed by atoms with Gasteiger partial charge in [0.25, 0.3) is 0 Å². The van der Waals surface area contributed by atoms with Crippen LogP contribution in [-0.2, 0) is 6.18 Å². The van der Waals surface area contributed by atoms with Crippen molar-refractivity contribution in [1.82, 2.24) is 9.97 Å². The molecular weight excluding hydrogens is 221 g/mol. The summed E-state index contributed by atoms with van der Waals surface area (Å²) in [6, 6.07) is 3.73. The standard InChI is InChI=1S/C9H7F3N4/c10-9(11,12)6-3-1-2-5-7(6)14-4-15-8(5)16-13/h1-4H,13H2,(H,14,15,16). The first-order valence-corrected chi connectivity index (χ1v) is 4.31. The number of anilines is 1. The molecular formula is C9H7F3N4. The predicted molar refractivity (Wildman–Crippen MR) is 52.4 cm³/mol. The molecule has 1 aromatic carbocycles. The topological polar surface area (TPSA) is 63.8 Å². The van der Waals surface area contributed by atoms with Gasteiger partial charge in [-0.1, -0.05) is 6.07 Å². The molecule has 0 atom stereocenters. The highest BCUT2D eigenvalue weighted by Gasteiger charge is 2.33. The summed E-state index contributed by atoms with van der Waals surface area (Å²) in [4.78, 5) is 7.36. The number of nitrogens with zero attached hydrogens (tertiary/aromatic N) is 2. The van der Waals surface area contributed by atoms with Crippen molar-refractivity contribution in [3.8, 4) is 0 Å². The summed E-state index contributed by atoms with van der Waals surface area (Å²) in [5, 5.41) is 0.236. The third-order valence-corrected chi connectivity index (χ3v) is 2.11. The third-order valence-electron chi connectivity index (χ3n) is 2.11. The van der Waals surface area contributed by atoms with Crippen molar-refractivity contribution in [3.05, 3.63) is 30.1 Å². The molecule has 0 aliphatic rings. The Bertz CT molecular complexity index is 524. The maximum atomic E-state index is 12.6. The highest BCUT2D eigenvalue weighted by molar-refractivity contribution is 5.91. The molecule has 0 amide bonds. The number of nitrogens with two attached hydrogens (primary N) is 1. The minimum Gasteiger partial charge on any atom is -0.308 e. The summed E-state index contributed by atoms with van der Waals surface area (Å²) in [7, 11) is 0. The number of hydrogen-bond donors (Lipinski definition) is 2. The van der Waals surface area contributed by atoms with E-state index in [0.717, 1.165) is 12.4 Å². The Kier molecular flexibility index (Phi) is 2.39. The van der Waals surface area contributed by atoms with Crippen LogP contribution in [0.5, 0.6) is 0 Å². The summed E-state index contributed by atoms with van der Waals surface area (Å²) in [5.74, 6) is 5.32. The van der Waals surface area contributed by atoms with Gasteiger partial charge >= 0.3 is 6.18 Å². The molecule has 0 radical (unpaired) electrons. The Morgan fingerprint density at radius 1 is 1.19 bits per heavy atom. The van der Waals surface area contributed by atoms with E-state index in [1.54, 1.807) is 0 Å². The van der Waals surface area contributed by atoms with Gasteiger partial charge in [-0.2, -0.15) is 13.2 Å². The van der Waals surface area contributed by atoms with Gasteiger partial charge in [-0.25, -0.2) is 15.8 Å². The maximum absolute atomic E-state index is 12.6. The fourth-order valence-corrected chi connectivity index (χ4v) is 1.43. The van der Waals surface area contributed by atoms with Crippen molar-refractivity contribution in [2.24, 2.45) is 5.84 Å². The quantitative estimate of drug-likeness (QED) is 0.578. The molecule has 3 N–H and O–H groups in total. The van der Waals surface area contributed by atoms with Crippen molar-refractivity contribution in [3.63, 3.8) is 0 Å². The summed E-state index contributed by atoms with van der Waals surface area (Å²) in [6.45, 7) is 0. The van der Waals surface area contributed by atoms with E-state index in [9.17, 15) is 13.2 Å². The van der Waals surface area contributed by atoms with Gasteiger partial charge in [-0.3, -0.25) is 0 Å². The number of hydrogen-bond acceptors (Lipinski definition) is 4. The van der Waals surface area contributed by atoms with Gasteiger partial charge in [-0.05, 0) is 12.1 Å². The molecule has 1 heterocycles. The molecule has 0 fully saturated rings. The summed E-state index contributed by atoms with van der Waals surface area (Å²) in [5.41, 5.74) is 1.26. The molecule has 4 nitrogen and oxygen atoms in total. The molecule has 0 saturated heterocycles. The average molecular weight is 228 g/mol. The Hall–Kier alpha value is -1.89. The largest absolute Gasteiger partial charge is 0.418 e. The Morgan fingerprint density at radius 3 is 2.56 bits per heavy atom. The highest BCUT2D eigenvalue weighted by Crippen LogP contribution is 2.34. The number of benzene rings is 1. The number of alkyl halides is 3. The van der Waals surface area contributed by atoms with E-state index in [4.69, 9.17) is 5.84 Å². The van der Waals surface area contributed by atoms with Gasteiger partial charge in [0, 0.05) is 5.39 Å². The van der Waals surface area contributed by atoms with Gasteiger partial charge in [0.2, 0.25) is 0 Å². The number of para-hydroxylation sites is 1. The van der Waals surface area contributed by atoms with Crippen LogP contribution in [0.2, 0.25) is 0 Å². The number of nitrogen functional groups attached to an aromatic ring is 1. The first kappa shape index (κ1) is 10.6. The lowest BCUT2D eigenvalue weighted by atomic mass is 10.1. The third kappa shape index (κ3) is 1.65. The monoisotopic (exact) mass is 228 g/mol. The number of hydrazine groups is 1. The summed E-state index contributed by atoms with van der Waals surface area (Å²) in [6.07, 6.45) is -3.41. The molecule has 16 heavy (non-hydrogen) atoms. The molecule has 84 valence electrons. The van der Waals surface area contributed by atoms with E-state index in [0.29, 0.717) is 0 Å². The van der Waals surface area contributed by atoms with Crippen LogP contribution < -0.4 is 11.3 Å².